The van der Waals surface area contributed by atoms with Gasteiger partial charge in [0.2, 0.25) is 5.91 Å². The summed E-state index contributed by atoms with van der Waals surface area (Å²) in [5.41, 5.74) is 1.86. The predicted octanol–water partition coefficient (Wildman–Crippen LogP) is 4.38. The normalized spacial score (nSPS) is 11.9. The fourth-order valence-corrected chi connectivity index (χ4v) is 3.24. The smallest absolute Gasteiger partial charge is 0.342 e. The zero-order chi connectivity index (χ0) is 17.1. The van der Waals surface area contributed by atoms with Gasteiger partial charge in [0, 0.05) is 11.8 Å². The Morgan fingerprint density at radius 2 is 1.83 bits per heavy atom. The molecule has 0 aliphatic carbocycles. The molecule has 0 saturated heterocycles. The second-order valence-electron chi connectivity index (χ2n) is 5.27. The standard InChI is InChI=1S/C17H18FNO3S/c1-9-11(3)23-16(19-12(4)20)15(9)17(21)22-10(2)13-5-7-14(18)8-6-13/h5-8,10H,1-4H3,(H,19,20). The van der Waals surface area contributed by atoms with E-state index in [2.05, 4.69) is 5.32 Å². The van der Waals surface area contributed by atoms with Gasteiger partial charge in [0.1, 0.15) is 16.9 Å². The van der Waals surface area contributed by atoms with E-state index < -0.39 is 12.1 Å². The molecule has 1 aromatic carbocycles. The number of hydrogen-bond acceptors (Lipinski definition) is 4. The van der Waals surface area contributed by atoms with E-state index in [1.807, 2.05) is 13.8 Å². The number of anilines is 1. The minimum atomic E-state index is -0.520. The van der Waals surface area contributed by atoms with Crippen LogP contribution in [0.3, 0.4) is 0 Å². The molecule has 4 nitrogen and oxygen atoms in total. The molecule has 0 aliphatic rings. The zero-order valence-electron chi connectivity index (χ0n) is 13.4. The van der Waals surface area contributed by atoms with Crippen LogP contribution < -0.4 is 5.32 Å². The van der Waals surface area contributed by atoms with Crippen LogP contribution in [0.4, 0.5) is 9.39 Å². The summed E-state index contributed by atoms with van der Waals surface area (Å²) in [6, 6.07) is 5.80. The molecule has 2 rings (SSSR count). The molecule has 1 heterocycles. The Hall–Kier alpha value is -2.21. The highest BCUT2D eigenvalue weighted by Gasteiger charge is 2.23. The molecule has 1 atom stereocenters. The number of hydrogen-bond donors (Lipinski definition) is 1. The van der Waals surface area contributed by atoms with E-state index in [0.717, 1.165) is 10.4 Å². The van der Waals surface area contributed by atoms with Crippen LogP contribution in [0, 0.1) is 19.7 Å². The number of carbonyl (C=O) groups is 2. The lowest BCUT2D eigenvalue weighted by Crippen LogP contribution is -2.13. The molecule has 1 N–H and O–H groups in total. The van der Waals surface area contributed by atoms with Crippen LogP contribution in [0.25, 0.3) is 0 Å². The number of nitrogens with one attached hydrogen (secondary N) is 1. The van der Waals surface area contributed by atoms with Gasteiger partial charge in [-0.15, -0.1) is 11.3 Å². The second kappa shape index (κ2) is 6.91. The summed E-state index contributed by atoms with van der Waals surface area (Å²) in [5, 5.41) is 3.16. The number of halogens is 1. The molecule has 2 aromatic rings. The largest absolute Gasteiger partial charge is 0.454 e. The molecular weight excluding hydrogens is 317 g/mol. The Kier molecular flexibility index (Phi) is 5.15. The van der Waals surface area contributed by atoms with Crippen molar-refractivity contribution < 1.29 is 18.7 Å². The maximum absolute atomic E-state index is 13.0. The van der Waals surface area contributed by atoms with E-state index >= 15 is 0 Å². The van der Waals surface area contributed by atoms with Crippen LogP contribution in [0.15, 0.2) is 24.3 Å². The summed E-state index contributed by atoms with van der Waals surface area (Å²) in [6.07, 6.45) is -0.520. The van der Waals surface area contributed by atoms with Gasteiger partial charge in [-0.1, -0.05) is 12.1 Å². The topological polar surface area (TPSA) is 55.4 Å². The summed E-state index contributed by atoms with van der Waals surface area (Å²) < 4.78 is 18.4. The Labute approximate surface area is 138 Å². The lowest BCUT2D eigenvalue weighted by Gasteiger charge is -2.14. The Balaban J connectivity index is 2.23. The van der Waals surface area contributed by atoms with E-state index in [4.69, 9.17) is 4.74 Å². The van der Waals surface area contributed by atoms with Gasteiger partial charge in [-0.25, -0.2) is 9.18 Å². The van der Waals surface area contributed by atoms with Crippen molar-refractivity contribution in [2.24, 2.45) is 0 Å². The van der Waals surface area contributed by atoms with Gasteiger partial charge in [-0.05, 0) is 44.0 Å². The number of benzene rings is 1. The number of amides is 1. The molecule has 0 spiro atoms. The Morgan fingerprint density at radius 1 is 1.22 bits per heavy atom. The van der Waals surface area contributed by atoms with Crippen molar-refractivity contribution in [3.05, 3.63) is 51.7 Å². The lowest BCUT2D eigenvalue weighted by atomic mass is 10.1. The van der Waals surface area contributed by atoms with Crippen LogP contribution in [0.5, 0.6) is 0 Å². The van der Waals surface area contributed by atoms with Crippen molar-refractivity contribution in [3.8, 4) is 0 Å². The van der Waals surface area contributed by atoms with Crippen molar-refractivity contribution in [1.82, 2.24) is 0 Å². The van der Waals surface area contributed by atoms with Crippen LogP contribution in [0.2, 0.25) is 0 Å². The molecule has 1 aromatic heterocycles. The fourth-order valence-electron chi connectivity index (χ4n) is 2.14. The number of ether oxygens (including phenoxy) is 1. The average Bonchev–Trinajstić information content (AvgIpc) is 2.73. The maximum Gasteiger partial charge on any atom is 0.342 e. The van der Waals surface area contributed by atoms with E-state index in [9.17, 15) is 14.0 Å². The first kappa shape index (κ1) is 17.1. The van der Waals surface area contributed by atoms with Gasteiger partial charge in [0.15, 0.2) is 0 Å². The molecular formula is C17H18FNO3S. The highest BCUT2D eigenvalue weighted by Crippen LogP contribution is 2.34. The predicted molar refractivity (Wildman–Crippen MR) is 88.3 cm³/mol. The SMILES string of the molecule is CC(=O)Nc1sc(C)c(C)c1C(=O)OC(C)c1ccc(F)cc1. The third kappa shape index (κ3) is 3.96. The second-order valence-corrected chi connectivity index (χ2v) is 6.49. The van der Waals surface area contributed by atoms with Crippen molar-refractivity contribution in [3.63, 3.8) is 0 Å². The molecule has 1 amide bonds. The number of thiophene rings is 1. The van der Waals surface area contributed by atoms with Gasteiger partial charge in [0.25, 0.3) is 0 Å². The van der Waals surface area contributed by atoms with Crippen LogP contribution in [-0.2, 0) is 9.53 Å². The third-order valence-corrected chi connectivity index (χ3v) is 4.62. The summed E-state index contributed by atoms with van der Waals surface area (Å²) in [6.45, 7) is 6.81. The highest BCUT2D eigenvalue weighted by molar-refractivity contribution is 7.16. The first-order valence-corrected chi connectivity index (χ1v) is 7.95. The van der Waals surface area contributed by atoms with Crippen LogP contribution >= 0.6 is 11.3 Å². The molecule has 1 unspecified atom stereocenters. The first-order valence-electron chi connectivity index (χ1n) is 7.13. The maximum atomic E-state index is 13.0. The summed E-state index contributed by atoms with van der Waals surface area (Å²) in [4.78, 5) is 24.7. The van der Waals surface area contributed by atoms with Crippen molar-refractivity contribution in [2.45, 2.75) is 33.8 Å². The van der Waals surface area contributed by atoms with Gasteiger partial charge < -0.3 is 10.1 Å². The van der Waals surface area contributed by atoms with Gasteiger partial charge in [-0.3, -0.25) is 4.79 Å². The summed E-state index contributed by atoms with van der Waals surface area (Å²) in [5.74, 6) is -1.09. The number of carbonyl (C=O) groups excluding carboxylic acids is 2. The molecule has 0 radical (unpaired) electrons. The highest BCUT2D eigenvalue weighted by atomic mass is 32.1. The quantitative estimate of drug-likeness (QED) is 0.844. The van der Waals surface area contributed by atoms with Crippen molar-refractivity contribution >= 4 is 28.2 Å². The van der Waals surface area contributed by atoms with Gasteiger partial charge in [0.05, 0.1) is 5.56 Å². The van der Waals surface area contributed by atoms with Crippen molar-refractivity contribution in [2.75, 3.05) is 5.32 Å². The lowest BCUT2D eigenvalue weighted by molar-refractivity contribution is -0.114. The first-order chi connectivity index (χ1) is 10.8. The zero-order valence-corrected chi connectivity index (χ0v) is 14.2. The molecule has 6 heteroatoms. The van der Waals surface area contributed by atoms with Crippen molar-refractivity contribution in [1.29, 1.82) is 0 Å². The van der Waals surface area contributed by atoms with E-state index in [1.165, 1.54) is 30.4 Å². The Morgan fingerprint density at radius 3 is 2.39 bits per heavy atom. The van der Waals surface area contributed by atoms with E-state index in [1.54, 1.807) is 19.1 Å². The number of aryl methyl sites for hydroxylation is 1. The Bertz CT molecular complexity index is 737. The molecule has 23 heavy (non-hydrogen) atoms. The van der Waals surface area contributed by atoms with Gasteiger partial charge >= 0.3 is 5.97 Å². The monoisotopic (exact) mass is 335 g/mol. The van der Waals surface area contributed by atoms with Gasteiger partial charge in [-0.2, -0.15) is 0 Å². The van der Waals surface area contributed by atoms with Crippen LogP contribution in [0.1, 0.15) is 46.3 Å². The average molecular weight is 335 g/mol. The molecule has 0 fully saturated rings. The molecule has 0 bridgehead atoms. The minimum Gasteiger partial charge on any atom is -0.454 e. The fraction of sp³-hybridized carbons (Fsp3) is 0.294. The van der Waals surface area contributed by atoms with E-state index in [0.29, 0.717) is 16.1 Å². The van der Waals surface area contributed by atoms with Crippen LogP contribution in [-0.4, -0.2) is 11.9 Å². The number of esters is 1. The van der Waals surface area contributed by atoms with E-state index in [-0.39, 0.29) is 11.7 Å². The summed E-state index contributed by atoms with van der Waals surface area (Å²) in [7, 11) is 0. The summed E-state index contributed by atoms with van der Waals surface area (Å²) >= 11 is 1.34. The molecule has 122 valence electrons. The molecule has 0 saturated carbocycles. The molecule has 0 aliphatic heterocycles. The third-order valence-electron chi connectivity index (χ3n) is 3.50. The number of rotatable bonds is 4. The minimum absolute atomic E-state index is 0.244.